The van der Waals surface area contributed by atoms with E-state index < -0.39 is 22.3 Å². The lowest BCUT2D eigenvalue weighted by molar-refractivity contribution is -0.135. The molecule has 2 N–H and O–H groups in total. The van der Waals surface area contributed by atoms with E-state index in [1.165, 1.54) is 15.0 Å². The second-order valence-corrected chi connectivity index (χ2v) is 11.2. The molecule has 0 aromatic heterocycles. The number of benzene rings is 1. The lowest BCUT2D eigenvalue weighted by Gasteiger charge is -2.39. The Kier molecular flexibility index (Phi) is 8.72. The zero-order valence-corrected chi connectivity index (χ0v) is 20.7. The molecule has 1 saturated carbocycles. The van der Waals surface area contributed by atoms with Gasteiger partial charge in [-0.15, -0.1) is 0 Å². The molecule has 2 aliphatic rings. The summed E-state index contributed by atoms with van der Waals surface area (Å²) in [7, 11) is -1.88. The standard InChI is InChI=1S/C23H37N5O4S/c1-18(2)21(25-23(30)24-19-10-6-4-7-11-19)22(29)27-14-16-28(17-15-27)33(31,32)26(3)20-12-8-5-9-13-20/h4,6-7,10-11,18,20-21H,5,8-9,12-17H2,1-3H3,(H2,24,25,30). The topological polar surface area (TPSA) is 102 Å². The van der Waals surface area contributed by atoms with Crippen molar-refractivity contribution < 1.29 is 18.0 Å². The van der Waals surface area contributed by atoms with Crippen molar-refractivity contribution in [1.82, 2.24) is 18.8 Å². The van der Waals surface area contributed by atoms with Crippen LogP contribution in [0.15, 0.2) is 30.3 Å². The zero-order chi connectivity index (χ0) is 24.0. The Morgan fingerprint density at radius 2 is 1.61 bits per heavy atom. The van der Waals surface area contributed by atoms with Crippen LogP contribution in [0, 0.1) is 5.92 Å². The Bertz CT molecular complexity index is 895. The summed E-state index contributed by atoms with van der Waals surface area (Å²) in [5.74, 6) is -0.302. The van der Waals surface area contributed by atoms with Crippen molar-refractivity contribution in [3.8, 4) is 0 Å². The highest BCUT2D eigenvalue weighted by Crippen LogP contribution is 2.25. The lowest BCUT2D eigenvalue weighted by Crippen LogP contribution is -2.59. The number of nitrogens with zero attached hydrogens (tertiary/aromatic N) is 3. The number of carbonyl (C=O) groups excluding carboxylic acids is 2. The van der Waals surface area contributed by atoms with E-state index in [9.17, 15) is 18.0 Å². The molecule has 2 fully saturated rings. The predicted octanol–water partition coefficient (Wildman–Crippen LogP) is 2.49. The number of para-hydroxylation sites is 1. The maximum Gasteiger partial charge on any atom is 0.319 e. The van der Waals surface area contributed by atoms with Crippen LogP contribution in [0.5, 0.6) is 0 Å². The highest BCUT2D eigenvalue weighted by atomic mass is 32.2. The second kappa shape index (κ2) is 11.3. The summed E-state index contributed by atoms with van der Waals surface area (Å²) in [4.78, 5) is 27.3. The number of hydrogen-bond donors (Lipinski definition) is 2. The number of nitrogens with one attached hydrogen (secondary N) is 2. The highest BCUT2D eigenvalue weighted by molar-refractivity contribution is 7.86. The second-order valence-electron chi connectivity index (χ2n) is 9.23. The van der Waals surface area contributed by atoms with Crippen LogP contribution in [0.3, 0.4) is 0 Å². The van der Waals surface area contributed by atoms with Gasteiger partial charge in [-0.3, -0.25) is 4.79 Å². The number of hydrogen-bond acceptors (Lipinski definition) is 4. The molecule has 1 saturated heterocycles. The number of rotatable bonds is 7. The minimum absolute atomic E-state index is 0.0565. The van der Waals surface area contributed by atoms with Crippen molar-refractivity contribution in [3.05, 3.63) is 30.3 Å². The summed E-state index contributed by atoms with van der Waals surface area (Å²) in [6.07, 6.45) is 5.10. The minimum atomic E-state index is -3.55. The summed E-state index contributed by atoms with van der Waals surface area (Å²) in [5, 5.41) is 5.53. The molecule has 1 heterocycles. The van der Waals surface area contributed by atoms with Crippen LogP contribution in [0.25, 0.3) is 0 Å². The van der Waals surface area contributed by atoms with Crippen molar-refractivity contribution in [3.63, 3.8) is 0 Å². The van der Waals surface area contributed by atoms with E-state index in [0.717, 1.165) is 25.7 Å². The van der Waals surface area contributed by atoms with Gasteiger partial charge in [-0.05, 0) is 30.9 Å². The molecule has 1 unspecified atom stereocenters. The van der Waals surface area contributed by atoms with E-state index in [1.807, 2.05) is 32.0 Å². The van der Waals surface area contributed by atoms with E-state index >= 15 is 0 Å². The maximum atomic E-state index is 13.2. The van der Waals surface area contributed by atoms with Crippen LogP contribution in [-0.4, -0.2) is 79.2 Å². The third-order valence-corrected chi connectivity index (χ3v) is 8.62. The van der Waals surface area contributed by atoms with Crippen LogP contribution >= 0.6 is 0 Å². The van der Waals surface area contributed by atoms with Gasteiger partial charge in [0, 0.05) is 45.0 Å². The van der Waals surface area contributed by atoms with Crippen molar-refractivity contribution in [2.75, 3.05) is 38.5 Å². The summed E-state index contributed by atoms with van der Waals surface area (Å²) in [6, 6.07) is 7.97. The number of urea groups is 1. The van der Waals surface area contributed by atoms with Crippen LogP contribution < -0.4 is 10.6 Å². The average Bonchev–Trinajstić information content (AvgIpc) is 2.82. The van der Waals surface area contributed by atoms with Crippen LogP contribution in [0.4, 0.5) is 10.5 Å². The monoisotopic (exact) mass is 479 g/mol. The van der Waals surface area contributed by atoms with E-state index in [2.05, 4.69) is 10.6 Å². The first kappa shape index (κ1) is 25.5. The molecule has 3 rings (SSSR count). The first-order valence-electron chi connectivity index (χ1n) is 11.8. The van der Waals surface area contributed by atoms with Gasteiger partial charge in [-0.1, -0.05) is 51.3 Å². The van der Waals surface area contributed by atoms with E-state index in [-0.39, 0.29) is 31.0 Å². The van der Waals surface area contributed by atoms with Crippen molar-refractivity contribution in [2.45, 2.75) is 58.0 Å². The molecule has 1 aliphatic carbocycles. The Morgan fingerprint density at radius 3 is 2.18 bits per heavy atom. The molecule has 0 spiro atoms. The van der Waals surface area contributed by atoms with Gasteiger partial charge >= 0.3 is 6.03 Å². The summed E-state index contributed by atoms with van der Waals surface area (Å²) >= 11 is 0. The number of piperazine rings is 1. The molecule has 0 bridgehead atoms. The summed E-state index contributed by atoms with van der Waals surface area (Å²) in [5.41, 5.74) is 0.644. The lowest BCUT2D eigenvalue weighted by atomic mass is 9.96. The third kappa shape index (κ3) is 6.45. The predicted molar refractivity (Wildman–Crippen MR) is 129 cm³/mol. The zero-order valence-electron chi connectivity index (χ0n) is 19.9. The summed E-state index contributed by atoms with van der Waals surface area (Å²) < 4.78 is 29.2. The van der Waals surface area contributed by atoms with Crippen molar-refractivity contribution >= 4 is 27.8 Å². The Hall–Kier alpha value is -2.17. The smallest absolute Gasteiger partial charge is 0.319 e. The number of carbonyl (C=O) groups is 2. The first-order chi connectivity index (χ1) is 15.7. The van der Waals surface area contributed by atoms with Gasteiger partial charge in [0.2, 0.25) is 5.91 Å². The largest absolute Gasteiger partial charge is 0.338 e. The normalized spacial score (nSPS) is 19.5. The van der Waals surface area contributed by atoms with Crippen molar-refractivity contribution in [2.24, 2.45) is 5.92 Å². The maximum absolute atomic E-state index is 13.2. The fraction of sp³-hybridized carbons (Fsp3) is 0.652. The summed E-state index contributed by atoms with van der Waals surface area (Å²) in [6.45, 7) is 4.89. The van der Waals surface area contributed by atoms with Gasteiger partial charge in [0.25, 0.3) is 10.2 Å². The van der Waals surface area contributed by atoms with Gasteiger partial charge in [0.1, 0.15) is 6.04 Å². The SMILES string of the molecule is CC(C)C(NC(=O)Nc1ccccc1)C(=O)N1CCN(S(=O)(=O)N(C)C2CCCCC2)CC1. The van der Waals surface area contributed by atoms with Crippen LogP contribution in [0.1, 0.15) is 46.0 Å². The molecule has 184 valence electrons. The minimum Gasteiger partial charge on any atom is -0.338 e. The average molecular weight is 480 g/mol. The van der Waals surface area contributed by atoms with Crippen molar-refractivity contribution in [1.29, 1.82) is 0 Å². The molecule has 1 aromatic carbocycles. The fourth-order valence-electron chi connectivity index (χ4n) is 4.49. The van der Waals surface area contributed by atoms with Gasteiger partial charge in [0.05, 0.1) is 0 Å². The molecule has 33 heavy (non-hydrogen) atoms. The van der Waals surface area contributed by atoms with E-state index in [4.69, 9.17) is 0 Å². The van der Waals surface area contributed by atoms with E-state index in [0.29, 0.717) is 18.8 Å². The molecular weight excluding hydrogens is 442 g/mol. The number of anilines is 1. The number of amides is 3. The highest BCUT2D eigenvalue weighted by Gasteiger charge is 2.37. The molecule has 1 atom stereocenters. The molecule has 10 heteroatoms. The molecule has 1 aliphatic heterocycles. The first-order valence-corrected chi connectivity index (χ1v) is 13.2. The molecular formula is C23H37N5O4S. The van der Waals surface area contributed by atoms with Gasteiger partial charge in [-0.25, -0.2) is 4.79 Å². The van der Waals surface area contributed by atoms with Crippen LogP contribution in [0.2, 0.25) is 0 Å². The molecule has 9 nitrogen and oxygen atoms in total. The fourth-order valence-corrected chi connectivity index (χ4v) is 6.07. The Labute approximate surface area is 197 Å². The Morgan fingerprint density at radius 1 is 1.00 bits per heavy atom. The molecule has 1 aromatic rings. The van der Waals surface area contributed by atoms with Crippen LogP contribution in [-0.2, 0) is 15.0 Å². The van der Waals surface area contributed by atoms with Gasteiger partial charge in [-0.2, -0.15) is 17.0 Å². The molecule has 0 radical (unpaired) electrons. The van der Waals surface area contributed by atoms with Gasteiger partial charge in [0.15, 0.2) is 0 Å². The van der Waals surface area contributed by atoms with E-state index in [1.54, 1.807) is 24.1 Å². The third-order valence-electron chi connectivity index (χ3n) is 6.58. The van der Waals surface area contributed by atoms with Gasteiger partial charge < -0.3 is 15.5 Å². The quantitative estimate of drug-likeness (QED) is 0.627. The Balaban J connectivity index is 1.56. The molecule has 3 amide bonds.